The van der Waals surface area contributed by atoms with E-state index in [1.54, 1.807) is 0 Å². The minimum atomic E-state index is -1.37. The van der Waals surface area contributed by atoms with Crippen LogP contribution < -0.4 is 28.4 Å². The first-order chi connectivity index (χ1) is 49.2. The predicted octanol–water partition coefficient (Wildman–Crippen LogP) is 7.22. The molecule has 0 radical (unpaired) electrons. The fraction of sp³-hybridized carbons (Fsp3) is 0.573. The molecule has 99 heavy (non-hydrogen) atoms. The van der Waals surface area contributed by atoms with Crippen molar-refractivity contribution in [2.75, 3.05) is 238 Å². The Labute approximate surface area is 577 Å². The minimum absolute atomic E-state index is 0.0856. The van der Waals surface area contributed by atoms with E-state index in [4.69, 9.17) is 114 Å². The first-order valence-electron chi connectivity index (χ1n) is 35.0. The molecule has 0 amide bonds. The molecule has 6 fully saturated rings. The van der Waals surface area contributed by atoms with Crippen molar-refractivity contribution in [2.24, 2.45) is 0 Å². The SMILES string of the molecule is c1ccc2c(c1)-c1ccccc1C2(c1c(OCCOCCOCC2CO2)c(OCCOCCOCC2CO2)c(OCCOCCOCC2CO2)c2ccccc12)c1c(OCCOCCOCC2CO2)c(OCCOCCOCC2CO2)c(OCCOCCOCC2CO2)c2ccccc12. The Kier molecular flexibility index (Phi) is 27.2. The predicted molar refractivity (Wildman–Crippen MR) is 360 cm³/mol. The van der Waals surface area contributed by atoms with Crippen LogP contribution in [0.5, 0.6) is 34.5 Å². The van der Waals surface area contributed by atoms with Crippen LogP contribution in [0.3, 0.4) is 0 Å². The van der Waals surface area contributed by atoms with Crippen molar-refractivity contribution in [3.63, 3.8) is 0 Å². The topological polar surface area (TPSA) is 241 Å². The maximum atomic E-state index is 7.50. The number of epoxide rings is 6. The summed E-state index contributed by atoms with van der Waals surface area (Å²) in [6.07, 6.45) is 0.826. The van der Waals surface area contributed by atoms with Gasteiger partial charge in [0.25, 0.3) is 0 Å². The summed E-state index contributed by atoms with van der Waals surface area (Å²) in [7, 11) is 0. The van der Waals surface area contributed by atoms with E-state index in [0.29, 0.717) is 193 Å². The van der Waals surface area contributed by atoms with Gasteiger partial charge in [0.1, 0.15) is 76.3 Å². The molecule has 0 bridgehead atoms. The van der Waals surface area contributed by atoms with Gasteiger partial charge in [-0.15, -0.1) is 0 Å². The summed E-state index contributed by atoms with van der Waals surface area (Å²) in [6, 6.07) is 33.5. The largest absolute Gasteiger partial charge is 0.487 e. The van der Waals surface area contributed by atoms with Crippen LogP contribution in [0.4, 0.5) is 0 Å². The van der Waals surface area contributed by atoms with Gasteiger partial charge in [0.15, 0.2) is 23.0 Å². The van der Waals surface area contributed by atoms with Gasteiger partial charge in [-0.05, 0) is 33.0 Å². The molecule has 6 saturated heterocycles. The van der Waals surface area contributed by atoms with Gasteiger partial charge in [-0.3, -0.25) is 0 Å². The second-order valence-corrected chi connectivity index (χ2v) is 24.6. The van der Waals surface area contributed by atoms with Crippen LogP contribution in [0, 0.1) is 0 Å². The molecule has 0 N–H and O–H groups in total. The highest BCUT2D eigenvalue weighted by molar-refractivity contribution is 6.06. The number of benzene rings is 6. The lowest BCUT2D eigenvalue weighted by molar-refractivity contribution is 0.0267. The van der Waals surface area contributed by atoms with Crippen molar-refractivity contribution in [3.8, 4) is 45.6 Å². The summed E-state index contributed by atoms with van der Waals surface area (Å²) in [5, 5.41) is 3.10. The van der Waals surface area contributed by atoms with E-state index in [1.165, 1.54) is 0 Å². The van der Waals surface area contributed by atoms with Crippen molar-refractivity contribution < 1.29 is 114 Å². The molecule has 24 heteroatoms. The Morgan fingerprint density at radius 3 is 0.717 bits per heavy atom. The molecule has 538 valence electrons. The highest BCUT2D eigenvalue weighted by Gasteiger charge is 2.53. The van der Waals surface area contributed by atoms with Crippen molar-refractivity contribution in [3.05, 3.63) is 119 Å². The van der Waals surface area contributed by atoms with Crippen LogP contribution >= 0.6 is 0 Å². The molecule has 24 nitrogen and oxygen atoms in total. The van der Waals surface area contributed by atoms with E-state index in [0.717, 1.165) is 54.9 Å². The van der Waals surface area contributed by atoms with Crippen LogP contribution in [0.25, 0.3) is 32.7 Å². The fourth-order valence-corrected chi connectivity index (χ4v) is 12.0. The molecule has 0 saturated carbocycles. The zero-order chi connectivity index (χ0) is 66.9. The number of fused-ring (bicyclic) bond motifs is 5. The van der Waals surface area contributed by atoms with Crippen molar-refractivity contribution in [2.45, 2.75) is 42.0 Å². The van der Waals surface area contributed by atoms with E-state index in [2.05, 4.69) is 72.8 Å². The van der Waals surface area contributed by atoms with Crippen LogP contribution in [-0.2, 0) is 90.7 Å². The molecule has 1 aliphatic carbocycles. The van der Waals surface area contributed by atoms with Gasteiger partial charge in [0.05, 0.1) is 204 Å². The zero-order valence-corrected chi connectivity index (χ0v) is 56.5. The van der Waals surface area contributed by atoms with E-state index in [9.17, 15) is 0 Å². The lowest BCUT2D eigenvalue weighted by atomic mass is 9.64. The molecular formula is C75H94O24. The van der Waals surface area contributed by atoms with E-state index >= 15 is 0 Å². The molecule has 13 rings (SSSR count). The molecular weight excluding hydrogens is 1280 g/mol. The first kappa shape index (κ1) is 71.3. The number of ether oxygens (including phenoxy) is 24. The second kappa shape index (κ2) is 37.7. The first-order valence-corrected chi connectivity index (χ1v) is 35.0. The van der Waals surface area contributed by atoms with Crippen molar-refractivity contribution in [1.29, 1.82) is 0 Å². The van der Waals surface area contributed by atoms with Gasteiger partial charge >= 0.3 is 0 Å². The molecule has 6 aliphatic heterocycles. The summed E-state index contributed by atoms with van der Waals surface area (Å²) in [4.78, 5) is 0. The Bertz CT molecular complexity index is 3200. The molecule has 6 unspecified atom stereocenters. The maximum Gasteiger partial charge on any atom is 0.204 e. The van der Waals surface area contributed by atoms with E-state index in [-0.39, 0.29) is 116 Å². The smallest absolute Gasteiger partial charge is 0.204 e. The Morgan fingerprint density at radius 1 is 0.232 bits per heavy atom. The van der Waals surface area contributed by atoms with Gasteiger partial charge < -0.3 is 114 Å². The van der Waals surface area contributed by atoms with Crippen LogP contribution in [-0.4, -0.2) is 274 Å². The fourth-order valence-electron chi connectivity index (χ4n) is 12.0. The molecule has 7 aliphatic rings. The monoisotopic (exact) mass is 1380 g/mol. The van der Waals surface area contributed by atoms with E-state index < -0.39 is 5.41 Å². The Morgan fingerprint density at radius 2 is 0.444 bits per heavy atom. The molecule has 6 heterocycles. The van der Waals surface area contributed by atoms with Crippen LogP contribution in [0.2, 0.25) is 0 Å². The van der Waals surface area contributed by atoms with Gasteiger partial charge in [-0.25, -0.2) is 0 Å². The van der Waals surface area contributed by atoms with Gasteiger partial charge in [0, 0.05) is 21.9 Å². The van der Waals surface area contributed by atoms with Gasteiger partial charge in [0.2, 0.25) is 11.5 Å². The normalized spacial score (nSPS) is 20.2. The summed E-state index contributed by atoms with van der Waals surface area (Å²) in [5.74, 6) is 2.40. The molecule has 0 spiro atoms. The van der Waals surface area contributed by atoms with E-state index in [1.807, 2.05) is 24.3 Å². The van der Waals surface area contributed by atoms with Crippen LogP contribution in [0.1, 0.15) is 22.3 Å². The number of hydrogen-bond donors (Lipinski definition) is 0. The molecule has 6 atom stereocenters. The quantitative estimate of drug-likeness (QED) is 0.0270. The lowest BCUT2D eigenvalue weighted by Crippen LogP contribution is -2.32. The molecule has 6 aromatic rings. The zero-order valence-electron chi connectivity index (χ0n) is 56.5. The van der Waals surface area contributed by atoms with Gasteiger partial charge in [-0.2, -0.15) is 0 Å². The number of hydrogen-bond acceptors (Lipinski definition) is 24. The third-order valence-corrected chi connectivity index (χ3v) is 17.2. The molecule has 0 aromatic heterocycles. The lowest BCUT2D eigenvalue weighted by Gasteiger charge is -2.39. The summed E-state index contributed by atoms with van der Waals surface area (Å²) < 4.78 is 148. The minimum Gasteiger partial charge on any atom is -0.487 e. The average Bonchev–Trinajstić information content (AvgIpc) is 0.876. The maximum absolute atomic E-state index is 7.50. The third-order valence-electron chi connectivity index (χ3n) is 17.2. The number of rotatable bonds is 56. The second-order valence-electron chi connectivity index (χ2n) is 24.6. The Hall–Kier alpha value is -6.08. The van der Waals surface area contributed by atoms with Crippen LogP contribution in [0.15, 0.2) is 97.1 Å². The summed E-state index contributed by atoms with van der Waals surface area (Å²) >= 11 is 0. The third kappa shape index (κ3) is 20.6. The standard InChI is InChI=1S/C75H94O24/c1-3-13-63-61(11-1)67(71(90-37-31-78-19-25-84-43-55-49-96-55)73(92-39-33-80-21-27-86-45-57-51-98-57)69(63)88-35-29-76-17-23-82-41-53-47-94-53)75(65-15-7-5-9-59(65)60-10-6-8-16-66(60)75)68-62-12-2-4-14-64(62)70(89-36-30-77-18-24-83-42-54-48-95-54)74(93-40-34-81-22-28-87-46-58-52-99-58)72(68)91-38-32-79-20-26-85-44-56-50-97-56/h1-16,53-58H,17-52H2. The summed E-state index contributed by atoms with van der Waals surface area (Å²) in [6.45, 7) is 13.8. The summed E-state index contributed by atoms with van der Waals surface area (Å²) in [5.41, 5.74) is 3.96. The average molecular weight is 1380 g/mol. The molecule has 6 aromatic carbocycles. The highest BCUT2D eigenvalue weighted by Crippen LogP contribution is 2.66. The highest BCUT2D eigenvalue weighted by atomic mass is 16.6. The van der Waals surface area contributed by atoms with Gasteiger partial charge in [-0.1, -0.05) is 97.1 Å². The van der Waals surface area contributed by atoms with Crippen molar-refractivity contribution >= 4 is 21.5 Å². The Balaban J connectivity index is 0.949. The van der Waals surface area contributed by atoms with Crippen molar-refractivity contribution in [1.82, 2.24) is 0 Å².